The molecular weight excluding hydrogens is 254 g/mol. The van der Waals surface area contributed by atoms with Gasteiger partial charge in [-0.3, -0.25) is 10.1 Å². The van der Waals surface area contributed by atoms with Gasteiger partial charge in [-0.15, -0.1) is 0 Å². The van der Waals surface area contributed by atoms with E-state index in [1.165, 1.54) is 6.07 Å². The number of rotatable bonds is 6. The highest BCUT2D eigenvalue weighted by Gasteiger charge is 2.17. The molecule has 0 fully saturated rings. The summed E-state index contributed by atoms with van der Waals surface area (Å²) in [6.45, 7) is 2.71. The van der Waals surface area contributed by atoms with Crippen molar-refractivity contribution in [3.63, 3.8) is 0 Å². The molecule has 0 aliphatic rings. The topological polar surface area (TPSA) is 52.4 Å². The van der Waals surface area contributed by atoms with Gasteiger partial charge in [-0.1, -0.05) is 43.7 Å². The Balaban J connectivity index is 2.40. The zero-order valence-corrected chi connectivity index (χ0v) is 11.4. The van der Waals surface area contributed by atoms with E-state index in [0.717, 1.165) is 18.4 Å². The second-order valence-electron chi connectivity index (χ2n) is 4.47. The first-order valence-corrected chi connectivity index (χ1v) is 6.69. The summed E-state index contributed by atoms with van der Waals surface area (Å²) in [5, 5.41) is 11.1. The quantitative estimate of drug-likeness (QED) is 0.443. The molecule has 0 radical (unpaired) electrons. The number of unbranched alkanes of at least 4 members (excludes halogenated alkanes) is 1. The molecule has 0 spiro atoms. The van der Waals surface area contributed by atoms with Gasteiger partial charge in [-0.2, -0.15) is 0 Å². The van der Waals surface area contributed by atoms with Crippen LogP contribution in [0.25, 0.3) is 11.1 Å². The molecule has 0 aliphatic heterocycles. The summed E-state index contributed by atoms with van der Waals surface area (Å²) in [4.78, 5) is 10.8. The third-order valence-corrected chi connectivity index (χ3v) is 3.03. The van der Waals surface area contributed by atoms with Crippen LogP contribution in [0.15, 0.2) is 48.5 Å². The summed E-state index contributed by atoms with van der Waals surface area (Å²) < 4.78 is 5.74. The van der Waals surface area contributed by atoms with Crippen LogP contribution in [0.1, 0.15) is 19.8 Å². The lowest BCUT2D eigenvalue weighted by molar-refractivity contribution is -0.384. The minimum Gasteiger partial charge on any atom is -0.493 e. The van der Waals surface area contributed by atoms with E-state index in [1.807, 2.05) is 24.3 Å². The zero-order valence-electron chi connectivity index (χ0n) is 11.4. The minimum absolute atomic E-state index is 0.0963. The van der Waals surface area contributed by atoms with E-state index < -0.39 is 0 Å². The molecular formula is C16H17NO3. The minimum atomic E-state index is -0.363. The van der Waals surface area contributed by atoms with Crippen LogP contribution >= 0.6 is 0 Å². The first-order chi connectivity index (χ1) is 9.74. The molecule has 0 N–H and O–H groups in total. The Kier molecular flexibility index (Phi) is 4.71. The summed E-state index contributed by atoms with van der Waals surface area (Å²) in [6.07, 6.45) is 2.01. The fraction of sp³-hybridized carbons (Fsp3) is 0.250. The smallest absolute Gasteiger partial charge is 0.277 e. The molecule has 0 saturated heterocycles. The molecule has 0 amide bonds. The van der Waals surface area contributed by atoms with Gasteiger partial charge in [0.05, 0.1) is 17.1 Å². The van der Waals surface area contributed by atoms with Crippen molar-refractivity contribution < 1.29 is 9.66 Å². The van der Waals surface area contributed by atoms with Crippen LogP contribution in [0.4, 0.5) is 5.69 Å². The normalized spacial score (nSPS) is 10.2. The fourth-order valence-corrected chi connectivity index (χ4v) is 2.00. The van der Waals surface area contributed by atoms with Crippen LogP contribution in [0.3, 0.4) is 0 Å². The number of ether oxygens (including phenoxy) is 1. The van der Waals surface area contributed by atoms with Crippen molar-refractivity contribution >= 4 is 5.69 Å². The van der Waals surface area contributed by atoms with E-state index in [4.69, 9.17) is 4.74 Å². The van der Waals surface area contributed by atoms with Gasteiger partial charge in [0, 0.05) is 11.6 Å². The van der Waals surface area contributed by atoms with Gasteiger partial charge in [0.15, 0.2) is 0 Å². The van der Waals surface area contributed by atoms with Gasteiger partial charge in [0.1, 0.15) is 5.75 Å². The molecule has 0 aromatic heterocycles. The van der Waals surface area contributed by atoms with E-state index in [-0.39, 0.29) is 10.6 Å². The van der Waals surface area contributed by atoms with Gasteiger partial charge >= 0.3 is 0 Å². The maximum absolute atomic E-state index is 11.1. The van der Waals surface area contributed by atoms with Crippen molar-refractivity contribution in [1.82, 2.24) is 0 Å². The van der Waals surface area contributed by atoms with Crippen molar-refractivity contribution in [2.24, 2.45) is 0 Å². The van der Waals surface area contributed by atoms with Gasteiger partial charge in [0.25, 0.3) is 5.69 Å². The number of nitro groups is 1. The molecule has 0 saturated carbocycles. The standard InChI is InChI=1S/C16H17NO3/c1-2-3-12-20-16-11-7-5-9-14(16)13-8-4-6-10-15(13)17(18)19/h4-11H,2-3,12H2,1H3. The van der Waals surface area contributed by atoms with Crippen molar-refractivity contribution in [3.8, 4) is 16.9 Å². The van der Waals surface area contributed by atoms with Crippen LogP contribution in [-0.2, 0) is 0 Å². The second-order valence-corrected chi connectivity index (χ2v) is 4.47. The van der Waals surface area contributed by atoms with Crippen LogP contribution in [0, 0.1) is 10.1 Å². The molecule has 20 heavy (non-hydrogen) atoms. The van der Waals surface area contributed by atoms with Gasteiger partial charge in [-0.25, -0.2) is 0 Å². The lowest BCUT2D eigenvalue weighted by Gasteiger charge is -2.11. The average molecular weight is 271 g/mol. The van der Waals surface area contributed by atoms with Crippen molar-refractivity contribution in [1.29, 1.82) is 0 Å². The van der Waals surface area contributed by atoms with E-state index in [9.17, 15) is 10.1 Å². The fourth-order valence-electron chi connectivity index (χ4n) is 2.00. The highest BCUT2D eigenvalue weighted by molar-refractivity contribution is 5.78. The molecule has 0 unspecified atom stereocenters. The summed E-state index contributed by atoms with van der Waals surface area (Å²) in [5.74, 6) is 0.690. The summed E-state index contributed by atoms with van der Waals surface area (Å²) in [7, 11) is 0. The van der Waals surface area contributed by atoms with Crippen LogP contribution in [-0.4, -0.2) is 11.5 Å². The number of nitro benzene ring substituents is 1. The van der Waals surface area contributed by atoms with E-state index >= 15 is 0 Å². The molecule has 2 rings (SSSR count). The number of benzene rings is 2. The molecule has 4 heteroatoms. The van der Waals surface area contributed by atoms with Crippen LogP contribution in [0.5, 0.6) is 5.75 Å². The Bertz CT molecular complexity index is 596. The maximum Gasteiger partial charge on any atom is 0.277 e. The number of hydrogen-bond donors (Lipinski definition) is 0. The zero-order chi connectivity index (χ0) is 14.4. The molecule has 0 atom stereocenters. The monoisotopic (exact) mass is 271 g/mol. The third-order valence-electron chi connectivity index (χ3n) is 3.03. The number of nitrogens with zero attached hydrogens (tertiary/aromatic N) is 1. The van der Waals surface area contributed by atoms with Gasteiger partial charge in [0.2, 0.25) is 0 Å². The number of para-hydroxylation sites is 2. The largest absolute Gasteiger partial charge is 0.493 e. The van der Waals surface area contributed by atoms with E-state index in [1.54, 1.807) is 18.2 Å². The molecule has 0 bridgehead atoms. The Morgan fingerprint density at radius 1 is 1.05 bits per heavy atom. The third kappa shape index (κ3) is 3.15. The Labute approximate surface area is 118 Å². The summed E-state index contributed by atoms with van der Waals surface area (Å²) in [5.41, 5.74) is 1.44. The molecule has 2 aromatic rings. The Hall–Kier alpha value is -2.36. The van der Waals surface area contributed by atoms with Gasteiger partial charge < -0.3 is 4.74 Å². The predicted molar refractivity (Wildman–Crippen MR) is 78.9 cm³/mol. The summed E-state index contributed by atoms with van der Waals surface area (Å²) in [6, 6.07) is 14.2. The predicted octanol–water partition coefficient (Wildman–Crippen LogP) is 4.44. The van der Waals surface area contributed by atoms with E-state index in [0.29, 0.717) is 17.9 Å². The number of hydrogen-bond acceptors (Lipinski definition) is 3. The first-order valence-electron chi connectivity index (χ1n) is 6.69. The molecule has 0 heterocycles. The van der Waals surface area contributed by atoms with Crippen molar-refractivity contribution in [3.05, 3.63) is 58.6 Å². The second kappa shape index (κ2) is 6.70. The SMILES string of the molecule is CCCCOc1ccccc1-c1ccccc1[N+](=O)[O-]. The maximum atomic E-state index is 11.1. The molecule has 4 nitrogen and oxygen atoms in total. The van der Waals surface area contributed by atoms with Crippen LogP contribution in [0.2, 0.25) is 0 Å². The van der Waals surface area contributed by atoms with Crippen LogP contribution < -0.4 is 4.74 Å². The molecule has 104 valence electrons. The first kappa shape index (κ1) is 14.1. The molecule has 2 aromatic carbocycles. The highest BCUT2D eigenvalue weighted by atomic mass is 16.6. The Morgan fingerprint density at radius 2 is 1.70 bits per heavy atom. The van der Waals surface area contributed by atoms with Crippen molar-refractivity contribution in [2.75, 3.05) is 6.61 Å². The highest BCUT2D eigenvalue weighted by Crippen LogP contribution is 2.35. The van der Waals surface area contributed by atoms with Gasteiger partial charge in [-0.05, 0) is 18.6 Å². The van der Waals surface area contributed by atoms with E-state index in [2.05, 4.69) is 6.92 Å². The van der Waals surface area contributed by atoms with Crippen molar-refractivity contribution in [2.45, 2.75) is 19.8 Å². The Morgan fingerprint density at radius 3 is 2.40 bits per heavy atom. The average Bonchev–Trinajstić information content (AvgIpc) is 2.48. The summed E-state index contributed by atoms with van der Waals surface area (Å²) >= 11 is 0. The molecule has 0 aliphatic carbocycles. The lowest BCUT2D eigenvalue weighted by Crippen LogP contribution is -1.99. The lowest BCUT2D eigenvalue weighted by atomic mass is 10.0.